The van der Waals surface area contributed by atoms with Crippen LogP contribution in [0.1, 0.15) is 21.0 Å². The van der Waals surface area contributed by atoms with Crippen LogP contribution in [0.25, 0.3) is 0 Å². The number of carbonyl (C=O) groups excluding carboxylic acids is 1. The maximum Gasteiger partial charge on any atom is 0.354 e. The molecule has 0 unspecified atom stereocenters. The van der Waals surface area contributed by atoms with E-state index in [0.29, 0.717) is 11.4 Å². The van der Waals surface area contributed by atoms with Crippen LogP contribution in [0.5, 0.6) is 5.75 Å². The summed E-state index contributed by atoms with van der Waals surface area (Å²) in [6, 6.07) is 6.64. The summed E-state index contributed by atoms with van der Waals surface area (Å²) in [5.41, 5.74) is 0.111. The number of methoxy groups -OCH3 is 1. The van der Waals surface area contributed by atoms with E-state index in [2.05, 4.69) is 15.3 Å². The molecule has 98 valence electrons. The molecule has 1 amide bonds. The number of carbonyl (C=O) groups is 2. The first-order valence-corrected chi connectivity index (χ1v) is 5.34. The van der Waals surface area contributed by atoms with Crippen molar-refractivity contribution in [1.29, 1.82) is 0 Å². The highest BCUT2D eigenvalue weighted by Gasteiger charge is 2.19. The summed E-state index contributed by atoms with van der Waals surface area (Å²) >= 11 is 0. The Hall–Kier alpha value is -2.83. The highest BCUT2D eigenvalue weighted by molar-refractivity contribution is 6.08. The zero-order valence-corrected chi connectivity index (χ0v) is 10.0. The number of hydrogen-bond acceptors (Lipinski definition) is 4. The summed E-state index contributed by atoms with van der Waals surface area (Å²) in [7, 11) is 1.54. The minimum Gasteiger partial charge on any atom is -0.497 e. The van der Waals surface area contributed by atoms with Crippen LogP contribution in [0.15, 0.2) is 30.6 Å². The molecule has 1 aromatic heterocycles. The van der Waals surface area contributed by atoms with Crippen molar-refractivity contribution in [2.45, 2.75) is 0 Å². The third kappa shape index (κ3) is 2.71. The first-order valence-electron chi connectivity index (χ1n) is 5.34. The van der Waals surface area contributed by atoms with Gasteiger partial charge in [-0.1, -0.05) is 0 Å². The molecule has 7 nitrogen and oxygen atoms in total. The molecule has 7 heteroatoms. The van der Waals surface area contributed by atoms with Gasteiger partial charge < -0.3 is 20.1 Å². The van der Waals surface area contributed by atoms with E-state index < -0.39 is 11.9 Å². The fourth-order valence-corrected chi connectivity index (χ4v) is 1.49. The summed E-state index contributed by atoms with van der Waals surface area (Å²) in [4.78, 5) is 28.8. The number of nitrogens with zero attached hydrogens (tertiary/aromatic N) is 1. The van der Waals surface area contributed by atoms with Crippen LogP contribution in [0.3, 0.4) is 0 Å². The minimum absolute atomic E-state index is 0.164. The predicted octanol–water partition coefficient (Wildman–Crippen LogP) is 1.37. The standard InChI is InChI=1S/C12H11N3O4/c1-19-8-4-2-7(3-5-8)15-11(16)9-10(12(17)18)14-6-13-9/h2-6H,1H3,(H,13,14)(H,15,16)(H,17,18). The number of anilines is 1. The van der Waals surface area contributed by atoms with Crippen LogP contribution in [-0.4, -0.2) is 34.1 Å². The Morgan fingerprint density at radius 3 is 2.58 bits per heavy atom. The lowest BCUT2D eigenvalue weighted by Crippen LogP contribution is -2.16. The third-order valence-electron chi connectivity index (χ3n) is 2.42. The molecule has 0 aliphatic heterocycles. The quantitative estimate of drug-likeness (QED) is 0.771. The molecule has 0 saturated heterocycles. The molecule has 0 radical (unpaired) electrons. The molecule has 0 spiro atoms. The van der Waals surface area contributed by atoms with Crippen LogP contribution in [-0.2, 0) is 0 Å². The summed E-state index contributed by atoms with van der Waals surface area (Å²) in [5, 5.41) is 11.4. The largest absolute Gasteiger partial charge is 0.497 e. The van der Waals surface area contributed by atoms with Crippen molar-refractivity contribution < 1.29 is 19.4 Å². The number of imidazole rings is 1. The number of amides is 1. The van der Waals surface area contributed by atoms with Crippen LogP contribution in [0.4, 0.5) is 5.69 Å². The SMILES string of the molecule is COc1ccc(NC(=O)c2nc[nH]c2C(=O)O)cc1. The molecule has 19 heavy (non-hydrogen) atoms. The number of hydrogen-bond donors (Lipinski definition) is 3. The average molecular weight is 261 g/mol. The monoisotopic (exact) mass is 261 g/mol. The Labute approximate surface area is 108 Å². The zero-order chi connectivity index (χ0) is 13.8. The van der Waals surface area contributed by atoms with Gasteiger partial charge in [0.1, 0.15) is 5.75 Å². The molecule has 1 aromatic carbocycles. The fourth-order valence-electron chi connectivity index (χ4n) is 1.49. The number of aromatic amines is 1. The van der Waals surface area contributed by atoms with Crippen molar-refractivity contribution in [2.24, 2.45) is 0 Å². The van der Waals surface area contributed by atoms with Gasteiger partial charge >= 0.3 is 5.97 Å². The Bertz CT molecular complexity index is 604. The van der Waals surface area contributed by atoms with Crippen LogP contribution >= 0.6 is 0 Å². The fraction of sp³-hybridized carbons (Fsp3) is 0.0833. The molecule has 3 N–H and O–H groups in total. The minimum atomic E-state index is -1.24. The number of H-pyrrole nitrogens is 1. The van der Waals surface area contributed by atoms with Gasteiger partial charge in [0.05, 0.1) is 13.4 Å². The maximum absolute atomic E-state index is 11.9. The number of aromatic carboxylic acids is 1. The molecule has 2 aromatic rings. The van der Waals surface area contributed by atoms with Gasteiger partial charge in [0, 0.05) is 5.69 Å². The second-order valence-electron chi connectivity index (χ2n) is 3.61. The molecule has 0 aliphatic rings. The molecule has 1 heterocycles. The van der Waals surface area contributed by atoms with Crippen molar-refractivity contribution >= 4 is 17.6 Å². The van der Waals surface area contributed by atoms with Gasteiger partial charge in [-0.15, -0.1) is 0 Å². The second kappa shape index (κ2) is 5.21. The zero-order valence-electron chi connectivity index (χ0n) is 10.0. The van der Waals surface area contributed by atoms with Crippen molar-refractivity contribution in [1.82, 2.24) is 9.97 Å². The molecular weight excluding hydrogens is 250 g/mol. The number of ether oxygens (including phenoxy) is 1. The molecule has 0 atom stereocenters. The van der Waals surface area contributed by atoms with Crippen molar-refractivity contribution in [2.75, 3.05) is 12.4 Å². The summed E-state index contributed by atoms with van der Waals surface area (Å²) < 4.78 is 4.99. The van der Waals surface area contributed by atoms with Gasteiger partial charge in [0.25, 0.3) is 5.91 Å². The van der Waals surface area contributed by atoms with E-state index in [1.54, 1.807) is 24.3 Å². The van der Waals surface area contributed by atoms with Crippen molar-refractivity contribution in [3.8, 4) is 5.75 Å². The predicted molar refractivity (Wildman–Crippen MR) is 66.5 cm³/mol. The lowest BCUT2D eigenvalue weighted by atomic mass is 10.2. The first kappa shape index (κ1) is 12.6. The average Bonchev–Trinajstić information content (AvgIpc) is 2.89. The lowest BCUT2D eigenvalue weighted by molar-refractivity contribution is 0.0686. The topological polar surface area (TPSA) is 104 Å². The molecular formula is C12H11N3O4. The highest BCUT2D eigenvalue weighted by atomic mass is 16.5. The number of rotatable bonds is 4. The number of aromatic nitrogens is 2. The normalized spacial score (nSPS) is 9.95. The van der Waals surface area contributed by atoms with E-state index in [0.717, 1.165) is 6.33 Å². The Morgan fingerprint density at radius 1 is 1.32 bits per heavy atom. The van der Waals surface area contributed by atoms with E-state index in [1.807, 2.05) is 0 Å². The molecule has 0 saturated carbocycles. The number of nitrogens with one attached hydrogen (secondary N) is 2. The number of benzene rings is 1. The maximum atomic E-state index is 11.9. The van der Waals surface area contributed by atoms with E-state index in [-0.39, 0.29) is 11.4 Å². The Morgan fingerprint density at radius 2 is 2.00 bits per heavy atom. The van der Waals surface area contributed by atoms with E-state index in [4.69, 9.17) is 9.84 Å². The first-order chi connectivity index (χ1) is 9.11. The van der Waals surface area contributed by atoms with Gasteiger partial charge in [-0.2, -0.15) is 0 Å². The van der Waals surface area contributed by atoms with Crippen LogP contribution in [0.2, 0.25) is 0 Å². The number of carboxylic acid groups (broad SMARTS) is 1. The summed E-state index contributed by atoms with van der Waals surface area (Å²) in [5.74, 6) is -1.18. The third-order valence-corrected chi connectivity index (χ3v) is 2.42. The van der Waals surface area contributed by atoms with E-state index in [9.17, 15) is 9.59 Å². The molecule has 0 fully saturated rings. The van der Waals surface area contributed by atoms with Gasteiger partial charge in [-0.25, -0.2) is 9.78 Å². The summed E-state index contributed by atoms with van der Waals surface area (Å²) in [6.45, 7) is 0. The van der Waals surface area contributed by atoms with Gasteiger partial charge in [0.15, 0.2) is 11.4 Å². The molecule has 0 aliphatic carbocycles. The van der Waals surface area contributed by atoms with Crippen LogP contribution in [0, 0.1) is 0 Å². The molecule has 0 bridgehead atoms. The van der Waals surface area contributed by atoms with Crippen molar-refractivity contribution in [3.05, 3.63) is 42.0 Å². The van der Waals surface area contributed by atoms with Crippen LogP contribution < -0.4 is 10.1 Å². The lowest BCUT2D eigenvalue weighted by Gasteiger charge is -2.05. The second-order valence-corrected chi connectivity index (χ2v) is 3.61. The van der Waals surface area contributed by atoms with Gasteiger partial charge in [-0.05, 0) is 24.3 Å². The van der Waals surface area contributed by atoms with Gasteiger partial charge in [-0.3, -0.25) is 4.79 Å². The van der Waals surface area contributed by atoms with Crippen molar-refractivity contribution in [3.63, 3.8) is 0 Å². The number of carboxylic acids is 1. The molecule has 2 rings (SSSR count). The summed E-state index contributed by atoms with van der Waals surface area (Å²) in [6.07, 6.45) is 1.16. The smallest absolute Gasteiger partial charge is 0.354 e. The Kier molecular flexibility index (Phi) is 3.46. The van der Waals surface area contributed by atoms with Gasteiger partial charge in [0.2, 0.25) is 0 Å². The van der Waals surface area contributed by atoms with E-state index >= 15 is 0 Å². The Balaban J connectivity index is 2.16. The van der Waals surface area contributed by atoms with E-state index in [1.165, 1.54) is 7.11 Å². The highest BCUT2D eigenvalue weighted by Crippen LogP contribution is 2.16.